The lowest BCUT2D eigenvalue weighted by atomic mass is 9.80. The highest BCUT2D eigenvalue weighted by Gasteiger charge is 2.23. The number of benzene rings is 1. The summed E-state index contributed by atoms with van der Waals surface area (Å²) in [6.45, 7) is 9.39. The first-order valence-corrected chi connectivity index (χ1v) is 4.60. The molecule has 2 heteroatoms. The van der Waals surface area contributed by atoms with Gasteiger partial charge >= 0.3 is 0 Å². The Bertz CT molecular complexity index is 367. The van der Waals surface area contributed by atoms with E-state index in [9.17, 15) is 5.11 Å². The molecule has 14 heavy (non-hydrogen) atoms. The minimum absolute atomic E-state index is 0.168. The maximum absolute atomic E-state index is 9.47. The summed E-state index contributed by atoms with van der Waals surface area (Å²) in [7, 11) is 5.72. The van der Waals surface area contributed by atoms with Crippen molar-refractivity contribution in [1.82, 2.24) is 0 Å². The molecule has 1 aromatic rings. The van der Waals surface area contributed by atoms with Crippen molar-refractivity contribution in [3.63, 3.8) is 0 Å². The Morgan fingerprint density at radius 3 is 2.43 bits per heavy atom. The first kappa shape index (κ1) is 10.9. The zero-order chi connectivity index (χ0) is 10.9. The van der Waals surface area contributed by atoms with Gasteiger partial charge < -0.3 is 5.11 Å². The molecule has 0 unspecified atom stereocenters. The molecular formula is C12H15BO. The van der Waals surface area contributed by atoms with E-state index in [0.29, 0.717) is 0 Å². The summed E-state index contributed by atoms with van der Waals surface area (Å²) in [5.41, 5.74) is 2.40. The number of aliphatic hydroxyl groups is 1. The second kappa shape index (κ2) is 3.53. The third-order valence-electron chi connectivity index (χ3n) is 2.71. The molecule has 0 aliphatic carbocycles. The van der Waals surface area contributed by atoms with Crippen molar-refractivity contribution in [3.8, 4) is 0 Å². The van der Waals surface area contributed by atoms with Crippen LogP contribution in [0.25, 0.3) is 0 Å². The molecule has 0 saturated carbocycles. The molecule has 0 aromatic heterocycles. The SMILES string of the molecule is [B]c1ccc(C(C)(C)C(=C)O)cc1C. The highest BCUT2D eigenvalue weighted by molar-refractivity contribution is 6.33. The third kappa shape index (κ3) is 1.84. The molecule has 2 radical (unpaired) electrons. The van der Waals surface area contributed by atoms with E-state index in [-0.39, 0.29) is 5.76 Å². The normalized spacial score (nSPS) is 11.4. The Kier molecular flexibility index (Phi) is 2.75. The molecule has 0 aliphatic rings. The summed E-state index contributed by atoms with van der Waals surface area (Å²) >= 11 is 0. The third-order valence-corrected chi connectivity index (χ3v) is 2.71. The van der Waals surface area contributed by atoms with Gasteiger partial charge in [0.15, 0.2) is 0 Å². The van der Waals surface area contributed by atoms with Crippen molar-refractivity contribution < 1.29 is 5.11 Å². The quantitative estimate of drug-likeness (QED) is 0.554. The minimum atomic E-state index is -0.418. The standard InChI is InChI=1S/C12H15BO/c1-8-7-10(5-6-11(8)13)12(3,4)9(2)14/h5-7,14H,2H2,1,3-4H3. The summed E-state index contributed by atoms with van der Waals surface area (Å²) in [6.07, 6.45) is 0. The topological polar surface area (TPSA) is 20.2 Å². The van der Waals surface area contributed by atoms with Crippen molar-refractivity contribution in [2.45, 2.75) is 26.2 Å². The summed E-state index contributed by atoms with van der Waals surface area (Å²) in [5, 5.41) is 9.47. The Morgan fingerprint density at radius 1 is 1.43 bits per heavy atom. The van der Waals surface area contributed by atoms with Gasteiger partial charge in [-0.25, -0.2) is 0 Å². The second-order valence-electron chi connectivity index (χ2n) is 4.14. The molecule has 0 aliphatic heterocycles. The van der Waals surface area contributed by atoms with E-state index in [0.717, 1.165) is 16.6 Å². The summed E-state index contributed by atoms with van der Waals surface area (Å²) in [4.78, 5) is 0. The van der Waals surface area contributed by atoms with Crippen LogP contribution in [0.1, 0.15) is 25.0 Å². The Hall–Kier alpha value is -1.18. The van der Waals surface area contributed by atoms with Gasteiger partial charge in [0.25, 0.3) is 0 Å². The van der Waals surface area contributed by atoms with E-state index in [4.69, 9.17) is 7.85 Å². The Balaban J connectivity index is 3.21. The number of allylic oxidation sites excluding steroid dienone is 1. The van der Waals surface area contributed by atoms with Crippen LogP contribution in [0.2, 0.25) is 0 Å². The van der Waals surface area contributed by atoms with Gasteiger partial charge in [0.05, 0.1) is 5.76 Å². The van der Waals surface area contributed by atoms with Crippen molar-refractivity contribution in [2.24, 2.45) is 0 Å². The lowest BCUT2D eigenvalue weighted by molar-refractivity contribution is 0.324. The van der Waals surface area contributed by atoms with E-state index in [1.165, 1.54) is 0 Å². The molecule has 1 nitrogen and oxygen atoms in total. The van der Waals surface area contributed by atoms with Crippen molar-refractivity contribution in [1.29, 1.82) is 0 Å². The first-order valence-electron chi connectivity index (χ1n) is 4.60. The van der Waals surface area contributed by atoms with Crippen LogP contribution in [0.5, 0.6) is 0 Å². The van der Waals surface area contributed by atoms with E-state index in [1.54, 1.807) is 0 Å². The largest absolute Gasteiger partial charge is 0.512 e. The Morgan fingerprint density at radius 2 is 2.00 bits per heavy atom. The first-order chi connectivity index (χ1) is 6.35. The van der Waals surface area contributed by atoms with Gasteiger partial charge in [-0.1, -0.05) is 35.8 Å². The summed E-state index contributed by atoms with van der Waals surface area (Å²) in [6, 6.07) is 5.76. The van der Waals surface area contributed by atoms with Gasteiger partial charge in [0.2, 0.25) is 0 Å². The molecule has 0 atom stereocenters. The van der Waals surface area contributed by atoms with Gasteiger partial charge in [-0.15, -0.1) is 0 Å². The number of hydrogen-bond donors (Lipinski definition) is 1. The Labute approximate surface area is 86.9 Å². The average molecular weight is 186 g/mol. The van der Waals surface area contributed by atoms with E-state index in [2.05, 4.69) is 6.58 Å². The molecule has 72 valence electrons. The molecule has 0 heterocycles. The van der Waals surface area contributed by atoms with Gasteiger partial charge in [-0.2, -0.15) is 0 Å². The summed E-state index contributed by atoms with van der Waals surface area (Å²) < 4.78 is 0. The predicted molar refractivity (Wildman–Crippen MR) is 61.4 cm³/mol. The molecule has 0 saturated heterocycles. The number of rotatable bonds is 2. The molecule has 1 rings (SSSR count). The lowest BCUT2D eigenvalue weighted by Gasteiger charge is -2.24. The van der Waals surface area contributed by atoms with Gasteiger partial charge in [-0.05, 0) is 26.3 Å². The highest BCUT2D eigenvalue weighted by Crippen LogP contribution is 2.28. The number of aryl methyl sites for hydroxylation is 1. The van der Waals surface area contributed by atoms with Crippen LogP contribution in [-0.4, -0.2) is 13.0 Å². The molecule has 0 bridgehead atoms. The van der Waals surface area contributed by atoms with Crippen LogP contribution in [0.15, 0.2) is 30.5 Å². The smallest absolute Gasteiger partial charge is 0.114 e. The van der Waals surface area contributed by atoms with Crippen LogP contribution >= 0.6 is 0 Å². The van der Waals surface area contributed by atoms with Crippen molar-refractivity contribution in [3.05, 3.63) is 41.7 Å². The maximum Gasteiger partial charge on any atom is 0.114 e. The molecule has 0 spiro atoms. The fourth-order valence-electron chi connectivity index (χ4n) is 1.23. The van der Waals surface area contributed by atoms with Crippen molar-refractivity contribution >= 4 is 13.3 Å². The fraction of sp³-hybridized carbons (Fsp3) is 0.333. The van der Waals surface area contributed by atoms with Crippen LogP contribution in [0.3, 0.4) is 0 Å². The highest BCUT2D eigenvalue weighted by atomic mass is 16.3. The second-order valence-corrected chi connectivity index (χ2v) is 4.14. The number of aliphatic hydroxyl groups excluding tert-OH is 1. The minimum Gasteiger partial charge on any atom is -0.512 e. The zero-order valence-corrected chi connectivity index (χ0v) is 8.96. The van der Waals surface area contributed by atoms with E-state index < -0.39 is 5.41 Å². The number of hydrogen-bond acceptors (Lipinski definition) is 1. The molecular weight excluding hydrogens is 171 g/mol. The van der Waals surface area contributed by atoms with E-state index in [1.807, 2.05) is 39.0 Å². The van der Waals surface area contributed by atoms with Crippen LogP contribution < -0.4 is 5.46 Å². The fourth-order valence-corrected chi connectivity index (χ4v) is 1.23. The monoisotopic (exact) mass is 186 g/mol. The molecule has 1 aromatic carbocycles. The van der Waals surface area contributed by atoms with Gasteiger partial charge in [0.1, 0.15) is 7.85 Å². The molecule has 0 amide bonds. The van der Waals surface area contributed by atoms with Gasteiger partial charge in [0, 0.05) is 5.41 Å². The molecule has 0 fully saturated rings. The lowest BCUT2D eigenvalue weighted by Crippen LogP contribution is -2.21. The van der Waals surface area contributed by atoms with E-state index >= 15 is 0 Å². The molecule has 1 N–H and O–H groups in total. The predicted octanol–water partition coefficient (Wildman–Crippen LogP) is 2.14. The van der Waals surface area contributed by atoms with Crippen LogP contribution in [0, 0.1) is 6.92 Å². The van der Waals surface area contributed by atoms with Gasteiger partial charge in [-0.3, -0.25) is 0 Å². The van der Waals surface area contributed by atoms with Crippen LogP contribution in [-0.2, 0) is 5.41 Å². The summed E-state index contributed by atoms with van der Waals surface area (Å²) in [5.74, 6) is 0.168. The van der Waals surface area contributed by atoms with Crippen LogP contribution in [0.4, 0.5) is 0 Å². The van der Waals surface area contributed by atoms with Crippen molar-refractivity contribution in [2.75, 3.05) is 0 Å². The average Bonchev–Trinajstić information content (AvgIpc) is 2.09. The maximum atomic E-state index is 9.47. The zero-order valence-electron chi connectivity index (χ0n) is 8.96.